The molecule has 1 unspecified atom stereocenters. The number of para-hydroxylation sites is 1. The number of hydrogen-bond acceptors (Lipinski definition) is 10. The zero-order valence-corrected chi connectivity index (χ0v) is 33.3. The van der Waals surface area contributed by atoms with Crippen LogP contribution in [0, 0.1) is 11.8 Å². The lowest BCUT2D eigenvalue weighted by Crippen LogP contribution is -2.58. The van der Waals surface area contributed by atoms with Crippen molar-refractivity contribution in [1.29, 1.82) is 0 Å². The van der Waals surface area contributed by atoms with Crippen molar-refractivity contribution < 1.29 is 47.8 Å². The first-order chi connectivity index (χ1) is 27.2. The summed E-state index contributed by atoms with van der Waals surface area (Å²) in [6.45, 7) is 5.67. The molecule has 6 N–H and O–H groups in total. The van der Waals surface area contributed by atoms with Crippen LogP contribution in [-0.2, 0) is 43.1 Å². The SMILES string of the molecule is CCCC(NC(=O)[C@H](CC(C)C)NC(=O)[C@@H](NC(C)=O)C1CCCCC1)C(=O)C(=O)NCC(=O)N[C@H](C(=O)NCC(=O)OC)c1ccc(Oc2ccccc2)cc1. The lowest BCUT2D eigenvalue weighted by atomic mass is 9.83. The van der Waals surface area contributed by atoms with Crippen LogP contribution in [0.5, 0.6) is 11.5 Å². The summed E-state index contributed by atoms with van der Waals surface area (Å²) < 4.78 is 10.4. The van der Waals surface area contributed by atoms with Gasteiger partial charge in [-0.1, -0.05) is 76.8 Å². The third-order valence-electron chi connectivity index (χ3n) is 9.34. The van der Waals surface area contributed by atoms with E-state index in [2.05, 4.69) is 36.6 Å². The summed E-state index contributed by atoms with van der Waals surface area (Å²) in [6.07, 6.45) is 5.17. The molecule has 57 heavy (non-hydrogen) atoms. The normalized spacial score (nSPS) is 14.8. The number of nitrogens with one attached hydrogen (secondary N) is 6. The minimum atomic E-state index is -1.32. The number of carbonyl (C=O) groups is 8. The molecule has 0 bridgehead atoms. The molecule has 1 saturated carbocycles. The number of amides is 6. The van der Waals surface area contributed by atoms with E-state index in [0.717, 1.165) is 39.2 Å². The number of Topliss-reactive ketones (excluding diaryl/α,β-unsaturated/α-hetero) is 1. The smallest absolute Gasteiger partial charge is 0.325 e. The molecule has 310 valence electrons. The molecular weight excluding hydrogens is 736 g/mol. The van der Waals surface area contributed by atoms with E-state index in [1.807, 2.05) is 32.0 Å². The van der Waals surface area contributed by atoms with Crippen LogP contribution in [0.3, 0.4) is 0 Å². The van der Waals surface area contributed by atoms with Gasteiger partial charge in [0, 0.05) is 6.92 Å². The summed E-state index contributed by atoms with van der Waals surface area (Å²) in [6, 6.07) is 10.8. The third kappa shape index (κ3) is 15.3. The Balaban J connectivity index is 1.67. The van der Waals surface area contributed by atoms with E-state index < -0.39 is 78.5 Å². The van der Waals surface area contributed by atoms with Crippen molar-refractivity contribution in [2.45, 2.75) is 103 Å². The number of esters is 1. The molecule has 6 amide bonds. The van der Waals surface area contributed by atoms with E-state index >= 15 is 0 Å². The second kappa shape index (κ2) is 23.3. The third-order valence-corrected chi connectivity index (χ3v) is 9.34. The molecule has 3 rings (SSSR count). The number of carbonyl (C=O) groups excluding carboxylic acids is 8. The summed E-state index contributed by atoms with van der Waals surface area (Å²) in [7, 11) is 1.16. The molecule has 0 aliphatic heterocycles. The Kier molecular flexibility index (Phi) is 18.6. The average molecular weight is 793 g/mol. The molecule has 1 fully saturated rings. The highest BCUT2D eigenvalue weighted by Gasteiger charge is 2.35. The number of ether oxygens (including phenoxy) is 2. The first kappa shape index (κ1) is 45.6. The molecule has 0 aromatic heterocycles. The fourth-order valence-corrected chi connectivity index (χ4v) is 6.48. The second-order valence-electron chi connectivity index (χ2n) is 14.4. The lowest BCUT2D eigenvalue weighted by molar-refractivity contribution is -0.141. The van der Waals surface area contributed by atoms with Crippen LogP contribution in [0.4, 0.5) is 0 Å². The monoisotopic (exact) mass is 792 g/mol. The van der Waals surface area contributed by atoms with Gasteiger partial charge >= 0.3 is 5.97 Å². The van der Waals surface area contributed by atoms with Crippen LogP contribution < -0.4 is 36.6 Å². The first-order valence-electron chi connectivity index (χ1n) is 19.4. The van der Waals surface area contributed by atoms with Gasteiger partial charge in [-0.05, 0) is 67.3 Å². The summed E-state index contributed by atoms with van der Waals surface area (Å²) in [5, 5.41) is 15.3. The van der Waals surface area contributed by atoms with Gasteiger partial charge in [-0.2, -0.15) is 0 Å². The van der Waals surface area contributed by atoms with E-state index in [1.165, 1.54) is 6.92 Å². The van der Waals surface area contributed by atoms with Crippen molar-refractivity contribution in [2.24, 2.45) is 11.8 Å². The van der Waals surface area contributed by atoms with Crippen LogP contribution in [0.25, 0.3) is 0 Å². The van der Waals surface area contributed by atoms with Crippen LogP contribution >= 0.6 is 0 Å². The van der Waals surface area contributed by atoms with Crippen LogP contribution in [-0.4, -0.2) is 85.5 Å². The maximum atomic E-state index is 13.6. The Bertz CT molecular complexity index is 1700. The highest BCUT2D eigenvalue weighted by atomic mass is 16.5. The van der Waals surface area contributed by atoms with Gasteiger partial charge in [0.05, 0.1) is 19.7 Å². The van der Waals surface area contributed by atoms with Gasteiger partial charge < -0.3 is 41.4 Å². The van der Waals surface area contributed by atoms with Crippen molar-refractivity contribution in [3.63, 3.8) is 0 Å². The maximum Gasteiger partial charge on any atom is 0.325 e. The van der Waals surface area contributed by atoms with Gasteiger partial charge in [0.1, 0.15) is 36.2 Å². The number of hydrogen-bond donors (Lipinski definition) is 6. The van der Waals surface area contributed by atoms with Crippen molar-refractivity contribution in [3.05, 3.63) is 60.2 Å². The Morgan fingerprint density at radius 1 is 0.719 bits per heavy atom. The molecule has 1 aliphatic rings. The van der Waals surface area contributed by atoms with E-state index in [1.54, 1.807) is 43.3 Å². The fourth-order valence-electron chi connectivity index (χ4n) is 6.48. The topological polar surface area (TPSA) is 227 Å². The number of rotatable bonds is 21. The lowest BCUT2D eigenvalue weighted by Gasteiger charge is -2.31. The standard InChI is InChI=1S/C41H56N6O10/c1-6-13-31(45-38(52)32(22-25(2)3)46-40(54)36(44-26(4)48)27-14-9-7-10-15-27)37(51)41(55)42-23-33(49)47-35(39(53)43-24-34(50)56-5)28-18-20-30(21-19-28)57-29-16-11-8-12-17-29/h8,11-12,16-21,25,27,31-32,35-36H,6-7,9-10,13-15,22-24H2,1-5H3,(H,42,55)(H,43,53)(H,44,48)(H,45,52)(H,46,54)(H,47,49)/t31?,32-,35-,36-/m0/s1. The van der Waals surface area contributed by atoms with Crippen molar-refractivity contribution in [3.8, 4) is 11.5 Å². The molecule has 0 heterocycles. The van der Waals surface area contributed by atoms with Gasteiger partial charge in [0.25, 0.3) is 5.91 Å². The molecule has 2 aromatic carbocycles. The molecule has 2 aromatic rings. The Morgan fingerprint density at radius 3 is 1.95 bits per heavy atom. The van der Waals surface area contributed by atoms with Crippen molar-refractivity contribution in [1.82, 2.24) is 31.9 Å². The van der Waals surface area contributed by atoms with Gasteiger partial charge in [0.15, 0.2) is 0 Å². The van der Waals surface area contributed by atoms with Gasteiger partial charge in [-0.15, -0.1) is 0 Å². The molecule has 1 aliphatic carbocycles. The van der Waals surface area contributed by atoms with E-state index in [9.17, 15) is 38.4 Å². The van der Waals surface area contributed by atoms with Gasteiger partial charge in [0.2, 0.25) is 35.3 Å². The highest BCUT2D eigenvalue weighted by Crippen LogP contribution is 2.27. The predicted molar refractivity (Wildman–Crippen MR) is 209 cm³/mol. The number of methoxy groups -OCH3 is 1. The fraction of sp³-hybridized carbons (Fsp3) is 0.512. The van der Waals surface area contributed by atoms with Crippen LogP contribution in [0.1, 0.15) is 90.7 Å². The molecule has 16 nitrogen and oxygen atoms in total. The summed E-state index contributed by atoms with van der Waals surface area (Å²) in [5.41, 5.74) is 0.324. The molecule has 0 radical (unpaired) electrons. The van der Waals surface area contributed by atoms with Crippen molar-refractivity contribution >= 4 is 47.2 Å². The minimum Gasteiger partial charge on any atom is -0.468 e. The largest absolute Gasteiger partial charge is 0.468 e. The summed E-state index contributed by atoms with van der Waals surface area (Å²) in [4.78, 5) is 104. The molecule has 4 atom stereocenters. The molecule has 0 saturated heterocycles. The van der Waals surface area contributed by atoms with E-state index in [0.29, 0.717) is 23.5 Å². The zero-order valence-electron chi connectivity index (χ0n) is 33.3. The Hall–Kier alpha value is -5.80. The summed E-state index contributed by atoms with van der Waals surface area (Å²) in [5.74, 6) is -5.05. The predicted octanol–water partition coefficient (Wildman–Crippen LogP) is 2.51. The van der Waals surface area contributed by atoms with Crippen molar-refractivity contribution in [2.75, 3.05) is 20.2 Å². The van der Waals surface area contributed by atoms with Crippen LogP contribution in [0.2, 0.25) is 0 Å². The van der Waals surface area contributed by atoms with Gasteiger partial charge in [-0.3, -0.25) is 38.4 Å². The van der Waals surface area contributed by atoms with E-state index in [4.69, 9.17) is 4.74 Å². The maximum absolute atomic E-state index is 13.6. The Labute approximate surface area is 333 Å². The molecule has 0 spiro atoms. The highest BCUT2D eigenvalue weighted by molar-refractivity contribution is 6.38. The van der Waals surface area contributed by atoms with Crippen LogP contribution in [0.15, 0.2) is 54.6 Å². The summed E-state index contributed by atoms with van der Waals surface area (Å²) >= 11 is 0. The zero-order chi connectivity index (χ0) is 41.9. The number of benzene rings is 2. The molecular formula is C41H56N6O10. The average Bonchev–Trinajstić information content (AvgIpc) is 3.20. The second-order valence-corrected chi connectivity index (χ2v) is 14.4. The minimum absolute atomic E-state index is 0.0379. The van der Waals surface area contributed by atoms with Gasteiger partial charge in [-0.25, -0.2) is 0 Å². The number of ketones is 1. The van der Waals surface area contributed by atoms with E-state index in [-0.39, 0.29) is 30.6 Å². The quantitative estimate of drug-likeness (QED) is 0.0800. The first-order valence-corrected chi connectivity index (χ1v) is 19.4. The Morgan fingerprint density at radius 2 is 1.35 bits per heavy atom. The molecule has 16 heteroatoms.